The first-order chi connectivity index (χ1) is 10.4. The molecule has 0 aromatic carbocycles. The number of hydrogen-bond donors (Lipinski definition) is 0. The third-order valence-corrected chi connectivity index (χ3v) is 3.49. The van der Waals surface area contributed by atoms with Gasteiger partial charge in [0.25, 0.3) is 0 Å². The third-order valence-electron chi connectivity index (χ3n) is 3.49. The second kappa shape index (κ2) is 6.26. The van der Waals surface area contributed by atoms with Crippen LogP contribution in [-0.2, 0) is 6.42 Å². The first-order valence-electron chi connectivity index (χ1n) is 7.08. The van der Waals surface area contributed by atoms with Crippen molar-refractivity contribution in [1.29, 1.82) is 0 Å². The van der Waals surface area contributed by atoms with Crippen LogP contribution in [-0.4, -0.2) is 33.0 Å². The molecular weight excluding hydrogens is 262 g/mol. The van der Waals surface area contributed by atoms with E-state index in [9.17, 15) is 0 Å². The Kier molecular flexibility index (Phi) is 4.00. The Balaban J connectivity index is 1.85. The second-order valence-electron chi connectivity index (χ2n) is 4.76. The fourth-order valence-corrected chi connectivity index (χ4v) is 2.36. The molecule has 0 aliphatic rings. The van der Waals surface area contributed by atoms with E-state index in [-0.39, 0.29) is 0 Å². The summed E-state index contributed by atoms with van der Waals surface area (Å²) in [6.45, 7) is 3.93. The minimum Gasteiger partial charge on any atom is -0.356 e. The monoisotopic (exact) mass is 279 g/mol. The smallest absolute Gasteiger partial charge is 0.164 e. The summed E-state index contributed by atoms with van der Waals surface area (Å²) in [5.74, 6) is 0.949. The molecule has 0 N–H and O–H groups in total. The highest BCUT2D eigenvalue weighted by molar-refractivity contribution is 5.86. The Bertz CT molecular complexity index is 709. The highest BCUT2D eigenvalue weighted by atomic mass is 15.2. The zero-order valence-corrected chi connectivity index (χ0v) is 12.0. The minimum atomic E-state index is 0.741. The van der Waals surface area contributed by atoms with Gasteiger partial charge in [0, 0.05) is 31.7 Å². The predicted octanol–water partition coefficient (Wildman–Crippen LogP) is 2.49. The van der Waals surface area contributed by atoms with E-state index in [1.165, 1.54) is 5.56 Å². The van der Waals surface area contributed by atoms with Crippen LogP contribution in [0.4, 0.5) is 5.82 Å². The number of fused-ring (bicyclic) bond motifs is 1. The molecule has 0 radical (unpaired) electrons. The second-order valence-corrected chi connectivity index (χ2v) is 4.76. The molecule has 3 rings (SSSR count). The maximum atomic E-state index is 4.45. The lowest BCUT2D eigenvalue weighted by atomic mass is 10.2. The van der Waals surface area contributed by atoms with Crippen LogP contribution in [0.3, 0.4) is 0 Å². The van der Waals surface area contributed by atoms with E-state index in [1.807, 2.05) is 36.7 Å². The number of hydrogen-bond acceptors (Lipinski definition) is 5. The topological polar surface area (TPSA) is 54.8 Å². The average molecular weight is 279 g/mol. The maximum Gasteiger partial charge on any atom is 0.164 e. The fraction of sp³-hybridized carbons (Fsp3) is 0.250. The van der Waals surface area contributed by atoms with Gasteiger partial charge < -0.3 is 4.90 Å². The summed E-state index contributed by atoms with van der Waals surface area (Å²) in [7, 11) is 0. The molecule has 0 spiro atoms. The summed E-state index contributed by atoms with van der Waals surface area (Å²) in [5, 5.41) is 0.997. The van der Waals surface area contributed by atoms with E-state index < -0.39 is 0 Å². The standard InChI is InChI=1S/C16H17N5/c1-2-21(11-7-13-5-9-17-10-6-13)16-14-4-3-8-18-15(14)19-12-20-16/h3-6,8-10,12H,2,7,11H2,1H3. The van der Waals surface area contributed by atoms with Gasteiger partial charge in [-0.3, -0.25) is 4.98 Å². The van der Waals surface area contributed by atoms with Gasteiger partial charge >= 0.3 is 0 Å². The maximum absolute atomic E-state index is 4.45. The van der Waals surface area contributed by atoms with Gasteiger partial charge in [0.05, 0.1) is 5.39 Å². The highest BCUT2D eigenvalue weighted by Crippen LogP contribution is 2.21. The number of pyridine rings is 2. The lowest BCUT2D eigenvalue weighted by Crippen LogP contribution is -2.26. The van der Waals surface area contributed by atoms with E-state index in [4.69, 9.17) is 0 Å². The summed E-state index contributed by atoms with van der Waals surface area (Å²) in [6, 6.07) is 8.04. The molecule has 0 atom stereocenters. The summed E-state index contributed by atoms with van der Waals surface area (Å²) in [5.41, 5.74) is 2.02. The lowest BCUT2D eigenvalue weighted by molar-refractivity contribution is 0.795. The molecule has 0 fully saturated rings. The van der Waals surface area contributed by atoms with E-state index in [0.717, 1.165) is 36.4 Å². The van der Waals surface area contributed by atoms with Gasteiger partial charge in [0.2, 0.25) is 0 Å². The molecule has 5 nitrogen and oxygen atoms in total. The molecule has 0 saturated carbocycles. The van der Waals surface area contributed by atoms with Crippen LogP contribution in [0.25, 0.3) is 11.0 Å². The van der Waals surface area contributed by atoms with Crippen LogP contribution in [0.2, 0.25) is 0 Å². The van der Waals surface area contributed by atoms with Crippen LogP contribution >= 0.6 is 0 Å². The van der Waals surface area contributed by atoms with Crippen LogP contribution in [0.5, 0.6) is 0 Å². The van der Waals surface area contributed by atoms with Gasteiger partial charge in [-0.15, -0.1) is 0 Å². The molecule has 106 valence electrons. The van der Waals surface area contributed by atoms with E-state index in [2.05, 4.69) is 31.8 Å². The first-order valence-corrected chi connectivity index (χ1v) is 7.08. The Labute approximate surface area is 123 Å². The molecule has 0 bridgehead atoms. The van der Waals surface area contributed by atoms with Crippen molar-refractivity contribution in [1.82, 2.24) is 19.9 Å². The lowest BCUT2D eigenvalue weighted by Gasteiger charge is -2.22. The SMILES string of the molecule is CCN(CCc1ccncc1)c1ncnc2ncccc12. The summed E-state index contributed by atoms with van der Waals surface area (Å²) >= 11 is 0. The van der Waals surface area contributed by atoms with Gasteiger partial charge in [-0.25, -0.2) is 15.0 Å². The molecule has 21 heavy (non-hydrogen) atoms. The van der Waals surface area contributed by atoms with Crippen LogP contribution in [0.1, 0.15) is 12.5 Å². The van der Waals surface area contributed by atoms with Crippen molar-refractivity contribution >= 4 is 16.9 Å². The Hall–Kier alpha value is -2.56. The van der Waals surface area contributed by atoms with Crippen molar-refractivity contribution in [3.05, 3.63) is 54.7 Å². The molecule has 0 aliphatic heterocycles. The zero-order valence-electron chi connectivity index (χ0n) is 12.0. The molecule has 3 aromatic heterocycles. The number of anilines is 1. The van der Waals surface area contributed by atoms with Crippen molar-refractivity contribution in [2.45, 2.75) is 13.3 Å². The molecule has 0 aliphatic carbocycles. The van der Waals surface area contributed by atoms with Gasteiger partial charge in [-0.05, 0) is 43.2 Å². The Morgan fingerprint density at radius 2 is 1.86 bits per heavy atom. The molecule has 5 heteroatoms. The molecular formula is C16H17N5. The Morgan fingerprint density at radius 1 is 1.00 bits per heavy atom. The van der Waals surface area contributed by atoms with Crippen molar-refractivity contribution in [2.24, 2.45) is 0 Å². The van der Waals surface area contributed by atoms with Gasteiger partial charge in [-0.1, -0.05) is 0 Å². The number of likely N-dealkylation sites (N-methyl/N-ethyl adjacent to an activating group) is 1. The minimum absolute atomic E-state index is 0.741. The fourth-order valence-electron chi connectivity index (χ4n) is 2.36. The first kappa shape index (κ1) is 13.4. The third kappa shape index (κ3) is 2.97. The van der Waals surface area contributed by atoms with E-state index in [0.29, 0.717) is 0 Å². The predicted molar refractivity (Wildman–Crippen MR) is 83.2 cm³/mol. The molecule has 3 heterocycles. The van der Waals surface area contributed by atoms with E-state index in [1.54, 1.807) is 12.5 Å². The van der Waals surface area contributed by atoms with Crippen LogP contribution in [0, 0.1) is 0 Å². The van der Waals surface area contributed by atoms with Gasteiger partial charge in [0.15, 0.2) is 5.65 Å². The molecule has 0 amide bonds. The highest BCUT2D eigenvalue weighted by Gasteiger charge is 2.11. The molecule has 0 saturated heterocycles. The molecule has 3 aromatic rings. The average Bonchev–Trinajstić information content (AvgIpc) is 2.56. The largest absolute Gasteiger partial charge is 0.356 e. The number of rotatable bonds is 5. The zero-order chi connectivity index (χ0) is 14.5. The van der Waals surface area contributed by atoms with Gasteiger partial charge in [0.1, 0.15) is 12.1 Å². The van der Waals surface area contributed by atoms with Gasteiger partial charge in [-0.2, -0.15) is 0 Å². The molecule has 0 unspecified atom stereocenters. The number of aromatic nitrogens is 4. The summed E-state index contributed by atoms with van der Waals surface area (Å²) < 4.78 is 0. The number of nitrogens with zero attached hydrogens (tertiary/aromatic N) is 5. The van der Waals surface area contributed by atoms with Crippen molar-refractivity contribution < 1.29 is 0 Å². The van der Waals surface area contributed by atoms with Crippen LogP contribution in [0.15, 0.2) is 49.2 Å². The van der Waals surface area contributed by atoms with E-state index >= 15 is 0 Å². The quantitative estimate of drug-likeness (QED) is 0.718. The Morgan fingerprint density at radius 3 is 2.67 bits per heavy atom. The summed E-state index contributed by atoms with van der Waals surface area (Å²) in [6.07, 6.45) is 7.96. The normalized spacial score (nSPS) is 10.7. The summed E-state index contributed by atoms with van der Waals surface area (Å²) in [4.78, 5) is 19.3. The van der Waals surface area contributed by atoms with Crippen molar-refractivity contribution in [3.63, 3.8) is 0 Å². The van der Waals surface area contributed by atoms with Crippen molar-refractivity contribution in [3.8, 4) is 0 Å². The van der Waals surface area contributed by atoms with Crippen molar-refractivity contribution in [2.75, 3.05) is 18.0 Å². The van der Waals surface area contributed by atoms with Crippen LogP contribution < -0.4 is 4.90 Å².